The minimum atomic E-state index is -3.81. The number of ether oxygens (including phenoxy) is 1. The molecule has 134 valence electrons. The summed E-state index contributed by atoms with van der Waals surface area (Å²) in [6.07, 6.45) is 1.97. The van der Waals surface area contributed by atoms with Crippen LogP contribution < -0.4 is 4.74 Å². The van der Waals surface area contributed by atoms with Crippen LogP contribution in [0.15, 0.2) is 23.1 Å². The van der Waals surface area contributed by atoms with Crippen molar-refractivity contribution in [1.82, 2.24) is 4.90 Å². The standard InChI is InChI=1S/C16H23NO5S2/c1-12-5-6-14(22-2)15(9-12)24(20,21)16-11-23(18,19)10-13(16)17-7-3-4-8-17/h5-6,9,13,16H,3-4,7-8,10-11H2,1-2H3/t13-,16-/m0/s1. The van der Waals surface area contributed by atoms with Crippen LogP contribution in [0, 0.1) is 6.92 Å². The van der Waals surface area contributed by atoms with Crippen molar-refractivity contribution in [3.05, 3.63) is 23.8 Å². The first-order valence-electron chi connectivity index (χ1n) is 8.07. The predicted molar refractivity (Wildman–Crippen MR) is 92.0 cm³/mol. The summed E-state index contributed by atoms with van der Waals surface area (Å²) >= 11 is 0. The van der Waals surface area contributed by atoms with Gasteiger partial charge in [0.25, 0.3) is 0 Å². The minimum Gasteiger partial charge on any atom is -0.495 e. The van der Waals surface area contributed by atoms with Crippen LogP contribution in [0.5, 0.6) is 5.75 Å². The zero-order valence-corrected chi connectivity index (χ0v) is 15.6. The average molecular weight is 373 g/mol. The summed E-state index contributed by atoms with van der Waals surface area (Å²) in [6.45, 7) is 3.33. The van der Waals surface area contributed by atoms with Crippen molar-refractivity contribution in [2.24, 2.45) is 0 Å². The highest BCUT2D eigenvalue weighted by Gasteiger charge is 2.49. The van der Waals surface area contributed by atoms with Crippen molar-refractivity contribution in [3.63, 3.8) is 0 Å². The SMILES string of the molecule is COc1ccc(C)cc1S(=O)(=O)[C@H]1CS(=O)(=O)C[C@@H]1N1CCCC1. The molecule has 2 heterocycles. The van der Waals surface area contributed by atoms with Crippen LogP contribution in [0.1, 0.15) is 18.4 Å². The number of rotatable bonds is 4. The Morgan fingerprint density at radius 2 is 1.83 bits per heavy atom. The van der Waals surface area contributed by atoms with Crippen LogP contribution >= 0.6 is 0 Å². The van der Waals surface area contributed by atoms with E-state index in [1.165, 1.54) is 7.11 Å². The largest absolute Gasteiger partial charge is 0.495 e. The number of sulfone groups is 2. The molecule has 0 spiro atoms. The fourth-order valence-corrected chi connectivity index (χ4v) is 8.75. The van der Waals surface area contributed by atoms with Crippen LogP contribution in [0.3, 0.4) is 0 Å². The molecule has 8 heteroatoms. The lowest BCUT2D eigenvalue weighted by Gasteiger charge is -2.28. The van der Waals surface area contributed by atoms with Gasteiger partial charge in [-0.05, 0) is 50.6 Å². The number of hydrogen-bond donors (Lipinski definition) is 0. The lowest BCUT2D eigenvalue weighted by molar-refractivity contribution is 0.264. The van der Waals surface area contributed by atoms with Gasteiger partial charge in [0.15, 0.2) is 19.7 Å². The quantitative estimate of drug-likeness (QED) is 0.784. The molecule has 2 aliphatic heterocycles. The van der Waals surface area contributed by atoms with Crippen LogP contribution in [0.4, 0.5) is 0 Å². The molecule has 24 heavy (non-hydrogen) atoms. The Kier molecular flexibility index (Phi) is 4.65. The smallest absolute Gasteiger partial charge is 0.187 e. The fourth-order valence-electron chi connectivity index (χ4n) is 3.68. The molecule has 2 fully saturated rings. The summed E-state index contributed by atoms with van der Waals surface area (Å²) in [6, 6.07) is 4.51. The molecule has 0 unspecified atom stereocenters. The van der Waals surface area contributed by atoms with Gasteiger partial charge in [-0.2, -0.15) is 0 Å². The minimum absolute atomic E-state index is 0.0783. The molecule has 2 aliphatic rings. The van der Waals surface area contributed by atoms with Gasteiger partial charge < -0.3 is 4.74 Å². The summed E-state index contributed by atoms with van der Waals surface area (Å²) in [5.41, 5.74) is 0.799. The number of aryl methyl sites for hydroxylation is 1. The first-order valence-corrected chi connectivity index (χ1v) is 11.4. The molecule has 0 N–H and O–H groups in total. The number of benzene rings is 1. The van der Waals surface area contributed by atoms with E-state index in [0.29, 0.717) is 0 Å². The van der Waals surface area contributed by atoms with Gasteiger partial charge in [-0.25, -0.2) is 16.8 Å². The highest BCUT2D eigenvalue weighted by Crippen LogP contribution is 2.34. The molecule has 3 rings (SSSR count). The molecule has 0 amide bonds. The zero-order chi connectivity index (χ0) is 17.5. The Labute approximate surface area is 143 Å². The molecule has 0 aromatic heterocycles. The van der Waals surface area contributed by atoms with Gasteiger partial charge in [-0.15, -0.1) is 0 Å². The van der Waals surface area contributed by atoms with Gasteiger partial charge in [0.2, 0.25) is 0 Å². The average Bonchev–Trinajstić information content (AvgIpc) is 3.14. The highest BCUT2D eigenvalue weighted by molar-refractivity contribution is 7.96. The van der Waals surface area contributed by atoms with E-state index in [-0.39, 0.29) is 22.2 Å². The number of likely N-dealkylation sites (tertiary alicyclic amines) is 1. The molecule has 0 aliphatic carbocycles. The zero-order valence-electron chi connectivity index (χ0n) is 13.9. The van der Waals surface area contributed by atoms with Crippen molar-refractivity contribution in [2.45, 2.75) is 36.0 Å². The second-order valence-corrected chi connectivity index (χ2v) is 10.9. The highest BCUT2D eigenvalue weighted by atomic mass is 32.2. The third kappa shape index (κ3) is 3.19. The molecule has 0 radical (unpaired) electrons. The van der Waals surface area contributed by atoms with Gasteiger partial charge in [-0.3, -0.25) is 4.90 Å². The topological polar surface area (TPSA) is 80.8 Å². The lowest BCUT2D eigenvalue weighted by atomic mass is 10.2. The monoisotopic (exact) mass is 373 g/mol. The van der Waals surface area contributed by atoms with E-state index in [2.05, 4.69) is 0 Å². The molecule has 0 saturated carbocycles. The van der Waals surface area contributed by atoms with Crippen molar-refractivity contribution in [1.29, 1.82) is 0 Å². The Morgan fingerprint density at radius 1 is 1.17 bits per heavy atom. The van der Waals surface area contributed by atoms with Crippen molar-refractivity contribution >= 4 is 19.7 Å². The maximum Gasteiger partial charge on any atom is 0.187 e. The van der Waals surface area contributed by atoms with E-state index < -0.39 is 31.0 Å². The van der Waals surface area contributed by atoms with Crippen molar-refractivity contribution in [3.8, 4) is 5.75 Å². The lowest BCUT2D eigenvalue weighted by Crippen LogP contribution is -2.45. The Hall–Kier alpha value is -1.12. The number of methoxy groups -OCH3 is 1. The summed E-state index contributed by atoms with van der Waals surface area (Å²) in [4.78, 5) is 2.12. The van der Waals surface area contributed by atoms with Crippen molar-refractivity contribution < 1.29 is 21.6 Å². The molecule has 1 aromatic rings. The molecular weight excluding hydrogens is 350 g/mol. The first-order chi connectivity index (χ1) is 11.2. The molecule has 2 atom stereocenters. The summed E-state index contributed by atoms with van der Waals surface area (Å²) < 4.78 is 56.1. The molecule has 6 nitrogen and oxygen atoms in total. The van der Waals surface area contributed by atoms with Crippen molar-refractivity contribution in [2.75, 3.05) is 31.7 Å². The Bertz CT molecular complexity index is 826. The second-order valence-electron chi connectivity index (χ2n) is 6.63. The number of nitrogens with zero attached hydrogens (tertiary/aromatic N) is 1. The first kappa shape index (κ1) is 17.7. The van der Waals surface area contributed by atoms with E-state index in [0.717, 1.165) is 31.5 Å². The van der Waals surface area contributed by atoms with E-state index in [1.807, 2.05) is 11.8 Å². The van der Waals surface area contributed by atoms with Gasteiger partial charge in [0.05, 0.1) is 23.9 Å². The maximum atomic E-state index is 13.3. The number of hydrogen-bond acceptors (Lipinski definition) is 6. The summed E-state index contributed by atoms with van der Waals surface area (Å²) in [5, 5.41) is -0.934. The summed E-state index contributed by atoms with van der Waals surface area (Å²) in [7, 11) is -5.75. The molecular formula is C16H23NO5S2. The van der Waals surface area contributed by atoms with E-state index in [4.69, 9.17) is 4.74 Å². The molecule has 0 bridgehead atoms. The normalized spacial score (nSPS) is 27.4. The van der Waals surface area contributed by atoms with Crippen LogP contribution in [0.25, 0.3) is 0 Å². The van der Waals surface area contributed by atoms with Crippen LogP contribution in [0.2, 0.25) is 0 Å². The third-order valence-corrected chi connectivity index (χ3v) is 9.04. The van der Waals surface area contributed by atoms with Crippen LogP contribution in [-0.4, -0.2) is 64.7 Å². The van der Waals surface area contributed by atoms with Crippen LogP contribution in [-0.2, 0) is 19.7 Å². The summed E-state index contributed by atoms with van der Waals surface area (Å²) in [5.74, 6) is -0.122. The second kappa shape index (κ2) is 6.31. The Balaban J connectivity index is 2.05. The van der Waals surface area contributed by atoms with E-state index in [9.17, 15) is 16.8 Å². The van der Waals surface area contributed by atoms with Gasteiger partial charge in [-0.1, -0.05) is 6.07 Å². The van der Waals surface area contributed by atoms with E-state index in [1.54, 1.807) is 18.2 Å². The third-order valence-electron chi connectivity index (χ3n) is 4.91. The van der Waals surface area contributed by atoms with Gasteiger partial charge in [0.1, 0.15) is 10.6 Å². The molecule has 2 saturated heterocycles. The predicted octanol–water partition coefficient (Wildman–Crippen LogP) is 1.04. The fraction of sp³-hybridized carbons (Fsp3) is 0.625. The maximum absolute atomic E-state index is 13.3. The molecule has 1 aromatic carbocycles. The Morgan fingerprint density at radius 3 is 2.46 bits per heavy atom. The van der Waals surface area contributed by atoms with Gasteiger partial charge >= 0.3 is 0 Å². The van der Waals surface area contributed by atoms with E-state index >= 15 is 0 Å². The van der Waals surface area contributed by atoms with Gasteiger partial charge in [0, 0.05) is 6.04 Å².